The van der Waals surface area contributed by atoms with Gasteiger partial charge in [0, 0.05) is 57.6 Å². The summed E-state index contributed by atoms with van der Waals surface area (Å²) < 4.78 is 5.13. The van der Waals surface area contributed by atoms with E-state index in [1.807, 2.05) is 23.1 Å². The SMILES string of the molecule is COCCN1CCC(NC(=O)N2CCCC(Nc3ccccc3)C2)C1. The summed E-state index contributed by atoms with van der Waals surface area (Å²) >= 11 is 0. The van der Waals surface area contributed by atoms with Crippen molar-refractivity contribution < 1.29 is 9.53 Å². The number of hydrogen-bond acceptors (Lipinski definition) is 4. The number of methoxy groups -OCH3 is 1. The van der Waals surface area contributed by atoms with Crippen LogP contribution in [0.3, 0.4) is 0 Å². The Morgan fingerprint density at radius 1 is 1.16 bits per heavy atom. The fraction of sp³-hybridized carbons (Fsp3) is 0.632. The summed E-state index contributed by atoms with van der Waals surface area (Å²) in [5, 5.41) is 6.76. The average Bonchev–Trinajstić information content (AvgIpc) is 3.08. The molecule has 2 N–H and O–H groups in total. The van der Waals surface area contributed by atoms with Crippen molar-refractivity contribution in [2.24, 2.45) is 0 Å². The number of urea groups is 1. The maximum Gasteiger partial charge on any atom is 0.317 e. The molecule has 1 aromatic rings. The van der Waals surface area contributed by atoms with E-state index in [1.165, 1.54) is 0 Å². The summed E-state index contributed by atoms with van der Waals surface area (Å²) in [6, 6.07) is 10.9. The molecule has 3 rings (SSSR count). The van der Waals surface area contributed by atoms with Gasteiger partial charge in [0.25, 0.3) is 0 Å². The Balaban J connectivity index is 1.44. The second-order valence-corrected chi connectivity index (χ2v) is 7.02. The van der Waals surface area contributed by atoms with E-state index >= 15 is 0 Å². The molecule has 0 aliphatic carbocycles. The molecule has 2 unspecified atom stereocenters. The minimum absolute atomic E-state index is 0.0816. The van der Waals surface area contributed by atoms with Gasteiger partial charge in [-0.15, -0.1) is 0 Å². The number of piperidine rings is 1. The number of nitrogens with zero attached hydrogens (tertiary/aromatic N) is 2. The van der Waals surface area contributed by atoms with E-state index in [0.717, 1.165) is 64.3 Å². The van der Waals surface area contributed by atoms with Crippen LogP contribution in [-0.2, 0) is 4.74 Å². The van der Waals surface area contributed by atoms with Gasteiger partial charge >= 0.3 is 6.03 Å². The number of likely N-dealkylation sites (tertiary alicyclic amines) is 2. The number of nitrogens with one attached hydrogen (secondary N) is 2. The third kappa shape index (κ3) is 5.34. The van der Waals surface area contributed by atoms with Crippen LogP contribution in [0.5, 0.6) is 0 Å². The Morgan fingerprint density at radius 3 is 2.80 bits per heavy atom. The molecular weight excluding hydrogens is 316 g/mol. The summed E-state index contributed by atoms with van der Waals surface area (Å²) in [5.74, 6) is 0. The molecule has 0 aromatic heterocycles. The maximum atomic E-state index is 12.6. The summed E-state index contributed by atoms with van der Waals surface area (Å²) in [6.45, 7) is 5.26. The molecule has 2 saturated heterocycles. The molecule has 2 heterocycles. The highest BCUT2D eigenvalue weighted by molar-refractivity contribution is 5.74. The van der Waals surface area contributed by atoms with Gasteiger partial charge in [-0.25, -0.2) is 4.79 Å². The first kappa shape index (κ1) is 18.0. The number of benzene rings is 1. The number of rotatable bonds is 6. The lowest BCUT2D eigenvalue weighted by atomic mass is 10.1. The van der Waals surface area contributed by atoms with Gasteiger partial charge in [0.2, 0.25) is 0 Å². The van der Waals surface area contributed by atoms with Gasteiger partial charge in [0.05, 0.1) is 6.61 Å². The number of anilines is 1. The second kappa shape index (κ2) is 9.06. The molecule has 2 fully saturated rings. The number of carbonyl (C=O) groups is 1. The van der Waals surface area contributed by atoms with E-state index in [9.17, 15) is 4.79 Å². The third-order valence-electron chi connectivity index (χ3n) is 5.06. The lowest BCUT2D eigenvalue weighted by Gasteiger charge is -2.34. The number of carbonyl (C=O) groups excluding carboxylic acids is 1. The molecule has 0 bridgehead atoms. The molecule has 2 atom stereocenters. The summed E-state index contributed by atoms with van der Waals surface area (Å²) in [4.78, 5) is 16.9. The smallest absolute Gasteiger partial charge is 0.317 e. The molecular formula is C19H30N4O2. The third-order valence-corrected chi connectivity index (χ3v) is 5.06. The Hall–Kier alpha value is -1.79. The van der Waals surface area contributed by atoms with Crippen LogP contribution >= 0.6 is 0 Å². The van der Waals surface area contributed by atoms with Crippen molar-refractivity contribution in [3.05, 3.63) is 30.3 Å². The Labute approximate surface area is 150 Å². The van der Waals surface area contributed by atoms with Crippen LogP contribution in [-0.4, -0.2) is 74.4 Å². The van der Waals surface area contributed by atoms with Crippen LogP contribution in [0.25, 0.3) is 0 Å². The lowest BCUT2D eigenvalue weighted by Crippen LogP contribution is -2.51. The molecule has 0 radical (unpaired) electrons. The van der Waals surface area contributed by atoms with E-state index in [2.05, 4.69) is 27.7 Å². The fourth-order valence-electron chi connectivity index (χ4n) is 3.69. The molecule has 138 valence electrons. The molecule has 25 heavy (non-hydrogen) atoms. The molecule has 6 heteroatoms. The first-order chi connectivity index (χ1) is 12.2. The quantitative estimate of drug-likeness (QED) is 0.827. The van der Waals surface area contributed by atoms with Gasteiger partial charge in [0.1, 0.15) is 0 Å². The monoisotopic (exact) mass is 346 g/mol. The average molecular weight is 346 g/mol. The van der Waals surface area contributed by atoms with Crippen LogP contribution in [0.4, 0.5) is 10.5 Å². The molecule has 2 aliphatic heterocycles. The van der Waals surface area contributed by atoms with Gasteiger partial charge in [-0.05, 0) is 31.4 Å². The minimum atomic E-state index is 0.0816. The van der Waals surface area contributed by atoms with E-state index < -0.39 is 0 Å². The Bertz CT molecular complexity index is 539. The summed E-state index contributed by atoms with van der Waals surface area (Å²) in [6.07, 6.45) is 3.17. The first-order valence-corrected chi connectivity index (χ1v) is 9.33. The zero-order chi connectivity index (χ0) is 17.5. The molecule has 0 spiro atoms. The largest absolute Gasteiger partial charge is 0.383 e. The topological polar surface area (TPSA) is 56.8 Å². The predicted octanol–water partition coefficient (Wildman–Crippen LogP) is 1.99. The molecule has 6 nitrogen and oxygen atoms in total. The van der Waals surface area contributed by atoms with Gasteiger partial charge < -0.3 is 20.3 Å². The number of para-hydroxylation sites is 1. The predicted molar refractivity (Wildman–Crippen MR) is 99.9 cm³/mol. The van der Waals surface area contributed by atoms with Crippen molar-refractivity contribution in [1.82, 2.24) is 15.1 Å². The fourth-order valence-corrected chi connectivity index (χ4v) is 3.69. The maximum absolute atomic E-state index is 12.6. The van der Waals surface area contributed by atoms with Crippen LogP contribution < -0.4 is 10.6 Å². The van der Waals surface area contributed by atoms with Crippen LogP contribution in [0, 0.1) is 0 Å². The molecule has 2 amide bonds. The van der Waals surface area contributed by atoms with E-state index in [4.69, 9.17) is 4.74 Å². The molecule has 1 aromatic carbocycles. The van der Waals surface area contributed by atoms with E-state index in [0.29, 0.717) is 6.04 Å². The lowest BCUT2D eigenvalue weighted by molar-refractivity contribution is 0.158. The number of hydrogen-bond donors (Lipinski definition) is 2. The van der Waals surface area contributed by atoms with Crippen molar-refractivity contribution >= 4 is 11.7 Å². The highest BCUT2D eigenvalue weighted by atomic mass is 16.5. The van der Waals surface area contributed by atoms with E-state index in [-0.39, 0.29) is 12.1 Å². The van der Waals surface area contributed by atoms with Crippen LogP contribution in [0.1, 0.15) is 19.3 Å². The van der Waals surface area contributed by atoms with E-state index in [1.54, 1.807) is 7.11 Å². The normalized spacial score (nSPS) is 24.3. The highest BCUT2D eigenvalue weighted by Gasteiger charge is 2.28. The van der Waals surface area contributed by atoms with Crippen LogP contribution in [0.15, 0.2) is 30.3 Å². The zero-order valence-electron chi connectivity index (χ0n) is 15.1. The number of ether oxygens (including phenoxy) is 1. The minimum Gasteiger partial charge on any atom is -0.383 e. The van der Waals surface area contributed by atoms with Crippen molar-refractivity contribution in [3.8, 4) is 0 Å². The Morgan fingerprint density at radius 2 is 2.00 bits per heavy atom. The molecule has 2 aliphatic rings. The summed E-state index contributed by atoms with van der Waals surface area (Å²) in [5.41, 5.74) is 1.12. The zero-order valence-corrected chi connectivity index (χ0v) is 15.1. The highest BCUT2D eigenvalue weighted by Crippen LogP contribution is 2.17. The Kier molecular flexibility index (Phi) is 6.53. The standard InChI is InChI=1S/C19H30N4O2/c1-25-13-12-22-11-9-18(14-22)21-19(24)23-10-5-8-17(15-23)20-16-6-3-2-4-7-16/h2-4,6-7,17-18,20H,5,8-15H2,1H3,(H,21,24). The van der Waals surface area contributed by atoms with Gasteiger partial charge in [-0.1, -0.05) is 18.2 Å². The number of amides is 2. The molecule has 0 saturated carbocycles. The van der Waals surface area contributed by atoms with Crippen molar-refractivity contribution in [3.63, 3.8) is 0 Å². The van der Waals surface area contributed by atoms with Crippen molar-refractivity contribution in [1.29, 1.82) is 0 Å². The first-order valence-electron chi connectivity index (χ1n) is 9.33. The van der Waals surface area contributed by atoms with Crippen molar-refractivity contribution in [2.75, 3.05) is 51.8 Å². The van der Waals surface area contributed by atoms with Gasteiger partial charge in [0.15, 0.2) is 0 Å². The van der Waals surface area contributed by atoms with Crippen molar-refractivity contribution in [2.45, 2.75) is 31.3 Å². The second-order valence-electron chi connectivity index (χ2n) is 7.02. The summed E-state index contributed by atoms with van der Waals surface area (Å²) in [7, 11) is 1.73. The van der Waals surface area contributed by atoms with Crippen LogP contribution in [0.2, 0.25) is 0 Å². The van der Waals surface area contributed by atoms with Gasteiger partial charge in [-0.2, -0.15) is 0 Å². The van der Waals surface area contributed by atoms with Gasteiger partial charge in [-0.3, -0.25) is 4.90 Å².